The molecule has 12 nitrogen and oxygen atoms in total. The summed E-state index contributed by atoms with van der Waals surface area (Å²) in [6.07, 6.45) is -8.06. The molecule has 0 amide bonds. The van der Waals surface area contributed by atoms with Crippen LogP contribution in [0.4, 0.5) is 0 Å². The fraction of sp³-hybridized carbons (Fsp3) is 0.667. The first-order chi connectivity index (χ1) is 11.2. The third-order valence-electron chi connectivity index (χ3n) is 2.83. The van der Waals surface area contributed by atoms with Crippen LogP contribution in [0.2, 0.25) is 0 Å². The maximum absolute atomic E-state index is 11.4. The van der Waals surface area contributed by atoms with Crippen molar-refractivity contribution in [1.29, 1.82) is 0 Å². The van der Waals surface area contributed by atoms with Gasteiger partial charge >= 0.3 is 23.9 Å². The molecule has 1 rings (SSSR count). The third kappa shape index (κ3) is 4.83. The molecule has 5 atom stereocenters. The van der Waals surface area contributed by atoms with Crippen molar-refractivity contribution in [3.63, 3.8) is 0 Å². The first kappa shape index (κ1) is 19.2. The van der Waals surface area contributed by atoms with Crippen molar-refractivity contribution in [2.24, 2.45) is 5.11 Å². The molecule has 1 saturated heterocycles. The molecule has 0 saturated carbocycles. The van der Waals surface area contributed by atoms with Gasteiger partial charge in [0.2, 0.25) is 0 Å². The predicted octanol–water partition coefficient (Wildman–Crippen LogP) is -0.0987. The zero-order valence-electron chi connectivity index (χ0n) is 12.9. The van der Waals surface area contributed by atoms with Crippen LogP contribution < -0.4 is 0 Å². The highest BCUT2D eigenvalue weighted by Crippen LogP contribution is 2.29. The van der Waals surface area contributed by atoms with Gasteiger partial charge in [0.15, 0.2) is 30.6 Å². The Balaban J connectivity index is 3.35. The van der Waals surface area contributed by atoms with Crippen molar-refractivity contribution in [3.05, 3.63) is 10.4 Å². The van der Waals surface area contributed by atoms with Crippen LogP contribution in [0.1, 0.15) is 20.8 Å². The van der Waals surface area contributed by atoms with E-state index in [9.17, 15) is 24.3 Å². The lowest BCUT2D eigenvalue weighted by molar-refractivity contribution is -0.246. The number of carboxylic acid groups (broad SMARTS) is 1. The number of hydrogen-bond donors (Lipinski definition) is 1. The molecule has 1 aliphatic heterocycles. The Hall–Kier alpha value is -2.85. The number of carboxylic acids is 1. The predicted molar refractivity (Wildman–Crippen MR) is 72.1 cm³/mol. The summed E-state index contributed by atoms with van der Waals surface area (Å²) in [5, 5.41) is 12.4. The summed E-state index contributed by atoms with van der Waals surface area (Å²) in [6.45, 7) is 3.05. The van der Waals surface area contributed by atoms with Crippen LogP contribution in [-0.2, 0) is 38.1 Å². The Labute approximate surface area is 135 Å². The zero-order valence-corrected chi connectivity index (χ0v) is 12.9. The largest absolute Gasteiger partial charge is 0.479 e. The topological polar surface area (TPSA) is 174 Å². The first-order valence-electron chi connectivity index (χ1n) is 6.61. The molecule has 1 aliphatic rings. The second kappa shape index (κ2) is 8.13. The van der Waals surface area contributed by atoms with Crippen molar-refractivity contribution in [3.8, 4) is 0 Å². The van der Waals surface area contributed by atoms with Gasteiger partial charge in [-0.05, 0) is 5.53 Å². The number of nitrogens with zero attached hydrogens (tertiary/aromatic N) is 3. The molecule has 12 heteroatoms. The number of carbonyl (C=O) groups is 4. The molecule has 24 heavy (non-hydrogen) atoms. The van der Waals surface area contributed by atoms with E-state index in [1.807, 2.05) is 0 Å². The number of hydrogen-bond acceptors (Lipinski definition) is 9. The maximum atomic E-state index is 11.4. The molecule has 0 radical (unpaired) electrons. The van der Waals surface area contributed by atoms with Gasteiger partial charge in [0.05, 0.1) is 0 Å². The van der Waals surface area contributed by atoms with Gasteiger partial charge in [-0.15, -0.1) is 0 Å². The minimum atomic E-state index is -1.81. The van der Waals surface area contributed by atoms with Gasteiger partial charge in [0, 0.05) is 25.7 Å². The van der Waals surface area contributed by atoms with E-state index in [2.05, 4.69) is 10.0 Å². The third-order valence-corrected chi connectivity index (χ3v) is 2.83. The monoisotopic (exact) mass is 345 g/mol. The Morgan fingerprint density at radius 2 is 1.42 bits per heavy atom. The van der Waals surface area contributed by atoms with E-state index in [4.69, 9.17) is 24.5 Å². The highest BCUT2D eigenvalue weighted by atomic mass is 16.7. The number of rotatable bonds is 5. The van der Waals surface area contributed by atoms with Crippen molar-refractivity contribution in [2.75, 3.05) is 0 Å². The normalized spacial score (nSPS) is 28.9. The molecule has 0 aromatic rings. The van der Waals surface area contributed by atoms with Gasteiger partial charge in [-0.3, -0.25) is 14.4 Å². The molecular formula is C12H15N3O9. The Bertz CT molecular complexity index is 558. The molecular weight excluding hydrogens is 330 g/mol. The molecule has 1 N–H and O–H groups in total. The van der Waals surface area contributed by atoms with Crippen molar-refractivity contribution < 1.29 is 43.2 Å². The lowest BCUT2D eigenvalue weighted by atomic mass is 9.97. The van der Waals surface area contributed by atoms with E-state index in [0.29, 0.717) is 0 Å². The SMILES string of the molecule is CC(=O)OC1[C@H](N=[N+]=[N-])OC(C(=O)O)[C@H](OC(C)=O)[C@@H]1OC(C)=O. The molecule has 1 heterocycles. The summed E-state index contributed by atoms with van der Waals surface area (Å²) in [7, 11) is 0. The van der Waals surface area contributed by atoms with Gasteiger partial charge in [0.25, 0.3) is 0 Å². The second-order valence-electron chi connectivity index (χ2n) is 4.71. The van der Waals surface area contributed by atoms with Crippen LogP contribution in [0.15, 0.2) is 5.11 Å². The van der Waals surface area contributed by atoms with Gasteiger partial charge in [0.1, 0.15) is 0 Å². The fourth-order valence-electron chi connectivity index (χ4n) is 2.13. The quantitative estimate of drug-likeness (QED) is 0.234. The minimum Gasteiger partial charge on any atom is -0.479 e. The van der Waals surface area contributed by atoms with Crippen molar-refractivity contribution in [2.45, 2.75) is 51.4 Å². The molecule has 0 aliphatic carbocycles. The number of azide groups is 1. The molecule has 0 aromatic heterocycles. The highest BCUT2D eigenvalue weighted by molar-refractivity contribution is 5.75. The van der Waals surface area contributed by atoms with Crippen molar-refractivity contribution >= 4 is 23.9 Å². The average Bonchev–Trinajstić information content (AvgIpc) is 2.43. The summed E-state index contributed by atoms with van der Waals surface area (Å²) in [5.74, 6) is -4.14. The second-order valence-corrected chi connectivity index (χ2v) is 4.71. The standard InChI is InChI=1S/C12H15N3O9/c1-4(16)21-7-8(22-5(2)17)10(12(19)20)24-11(14-15-13)9(7)23-6(3)18/h7-11H,1-3H3,(H,19,20)/t7-,8+,9?,10?,11+/m0/s1. The van der Waals surface area contributed by atoms with Crippen molar-refractivity contribution in [1.82, 2.24) is 0 Å². The van der Waals surface area contributed by atoms with Crippen LogP contribution in [0, 0.1) is 0 Å². The Kier molecular flexibility index (Phi) is 6.50. The average molecular weight is 345 g/mol. The smallest absolute Gasteiger partial charge is 0.336 e. The van der Waals surface area contributed by atoms with E-state index in [-0.39, 0.29) is 0 Å². The number of aliphatic carboxylic acids is 1. The summed E-state index contributed by atoms with van der Waals surface area (Å²) in [6, 6.07) is 0. The van der Waals surface area contributed by atoms with E-state index in [1.54, 1.807) is 0 Å². The molecule has 132 valence electrons. The van der Waals surface area contributed by atoms with Crippen LogP contribution in [0.5, 0.6) is 0 Å². The molecule has 0 bridgehead atoms. The Morgan fingerprint density at radius 1 is 0.958 bits per heavy atom. The van der Waals surface area contributed by atoms with Crippen LogP contribution >= 0.6 is 0 Å². The number of esters is 3. The lowest BCUT2D eigenvalue weighted by Crippen LogP contribution is -2.62. The van der Waals surface area contributed by atoms with Crippen LogP contribution in [-0.4, -0.2) is 59.6 Å². The molecule has 2 unspecified atom stereocenters. The van der Waals surface area contributed by atoms with E-state index in [1.165, 1.54) is 0 Å². The first-order valence-corrected chi connectivity index (χ1v) is 6.61. The Morgan fingerprint density at radius 3 is 1.83 bits per heavy atom. The zero-order chi connectivity index (χ0) is 18.4. The summed E-state index contributed by atoms with van der Waals surface area (Å²) >= 11 is 0. The summed E-state index contributed by atoms with van der Waals surface area (Å²) in [4.78, 5) is 47.7. The fourth-order valence-corrected chi connectivity index (χ4v) is 2.13. The molecule has 1 fully saturated rings. The van der Waals surface area contributed by atoms with E-state index < -0.39 is 54.5 Å². The number of ether oxygens (including phenoxy) is 4. The summed E-state index contributed by atoms with van der Waals surface area (Å²) in [5.41, 5.74) is 8.57. The van der Waals surface area contributed by atoms with Gasteiger partial charge in [-0.25, -0.2) is 4.79 Å². The van der Waals surface area contributed by atoms with Crippen LogP contribution in [0.25, 0.3) is 10.4 Å². The molecule has 0 spiro atoms. The highest BCUT2D eigenvalue weighted by Gasteiger charge is 2.54. The van der Waals surface area contributed by atoms with Gasteiger partial charge in [-0.2, -0.15) is 0 Å². The van der Waals surface area contributed by atoms with Gasteiger partial charge in [-0.1, -0.05) is 5.11 Å². The van der Waals surface area contributed by atoms with Gasteiger partial charge < -0.3 is 24.1 Å². The van der Waals surface area contributed by atoms with E-state index >= 15 is 0 Å². The maximum Gasteiger partial charge on any atom is 0.336 e. The molecule has 0 aromatic carbocycles. The van der Waals surface area contributed by atoms with E-state index in [0.717, 1.165) is 20.8 Å². The number of carbonyl (C=O) groups excluding carboxylic acids is 3. The van der Waals surface area contributed by atoms with Crippen LogP contribution in [0.3, 0.4) is 0 Å². The summed E-state index contributed by atoms with van der Waals surface area (Å²) < 4.78 is 19.8. The minimum absolute atomic E-state index is 0.839. The lowest BCUT2D eigenvalue weighted by Gasteiger charge is -2.41.